The summed E-state index contributed by atoms with van der Waals surface area (Å²) in [6, 6.07) is 0. The van der Waals surface area contributed by atoms with Crippen LogP contribution < -0.4 is 0 Å². The van der Waals surface area contributed by atoms with E-state index in [4.69, 9.17) is 0 Å². The Bertz CT molecular complexity index is 651. The van der Waals surface area contributed by atoms with Crippen molar-refractivity contribution >= 4 is 22.8 Å². The lowest BCUT2D eigenvalue weighted by Gasteiger charge is -2.36. The van der Waals surface area contributed by atoms with E-state index in [2.05, 4.69) is 20.8 Å². The van der Waals surface area contributed by atoms with Crippen molar-refractivity contribution in [3.63, 3.8) is 0 Å². The maximum atomic E-state index is 12.7. The highest BCUT2D eigenvalue weighted by atomic mass is 32.2. The first-order valence-electron chi connectivity index (χ1n) is 8.42. The summed E-state index contributed by atoms with van der Waals surface area (Å²) in [6.45, 7) is 14.1. The van der Waals surface area contributed by atoms with Crippen molar-refractivity contribution in [1.82, 2.24) is 4.31 Å². The van der Waals surface area contributed by atoms with Gasteiger partial charge in [-0.05, 0) is 29.4 Å². The first-order valence-corrected chi connectivity index (χ1v) is 9.48. The van der Waals surface area contributed by atoms with Crippen molar-refractivity contribution < 1.29 is 18.4 Å². The summed E-state index contributed by atoms with van der Waals surface area (Å²) < 4.78 is 21.6. The van der Waals surface area contributed by atoms with Gasteiger partial charge in [0.2, 0.25) is 11.3 Å². The van der Waals surface area contributed by atoms with Crippen LogP contribution in [0.3, 0.4) is 0 Å². The summed E-state index contributed by atoms with van der Waals surface area (Å²) in [5.74, 6) is -0.344. The number of carbonyl (C=O) groups is 2. The molecule has 0 saturated carbocycles. The fourth-order valence-corrected chi connectivity index (χ4v) is 4.17. The third-order valence-electron chi connectivity index (χ3n) is 4.40. The Morgan fingerprint density at radius 1 is 0.920 bits per heavy atom. The summed E-state index contributed by atoms with van der Waals surface area (Å²) >= 11 is -2.12. The van der Waals surface area contributed by atoms with Crippen molar-refractivity contribution in [2.45, 2.75) is 54.9 Å². The number of carbonyl (C=O) groups excluding carboxylic acids is 2. The normalized spacial score (nSPS) is 18.3. The molecule has 0 heterocycles. The van der Waals surface area contributed by atoms with E-state index in [0.717, 1.165) is 6.42 Å². The molecule has 6 heteroatoms. The van der Waals surface area contributed by atoms with Crippen LogP contribution in [0, 0.1) is 16.2 Å². The predicted molar refractivity (Wildman–Crippen MR) is 101 cm³/mol. The molecule has 1 atom stereocenters. The van der Waals surface area contributed by atoms with E-state index in [9.17, 15) is 18.4 Å². The van der Waals surface area contributed by atoms with E-state index in [1.54, 1.807) is 13.8 Å². The van der Waals surface area contributed by atoms with Crippen LogP contribution >= 0.6 is 0 Å². The maximum Gasteiger partial charge on any atom is 0.234 e. The molecule has 1 aliphatic carbocycles. The zero-order chi connectivity index (χ0) is 19.8. The van der Waals surface area contributed by atoms with Crippen molar-refractivity contribution in [3.8, 4) is 0 Å². The second-order valence-corrected chi connectivity index (χ2v) is 10.5. The van der Waals surface area contributed by atoms with E-state index >= 15 is 0 Å². The number of hydrogen-bond acceptors (Lipinski definition) is 3. The van der Waals surface area contributed by atoms with Gasteiger partial charge >= 0.3 is 0 Å². The van der Waals surface area contributed by atoms with Gasteiger partial charge < -0.3 is 0 Å². The molecule has 0 aromatic carbocycles. The average Bonchev–Trinajstić information content (AvgIpc) is 2.37. The molecule has 0 saturated heterocycles. The highest BCUT2D eigenvalue weighted by molar-refractivity contribution is 7.76. The minimum absolute atomic E-state index is 0.0326. The Hall–Kier alpha value is -1.11. The summed E-state index contributed by atoms with van der Waals surface area (Å²) in [6.07, 6.45) is 3.65. The SMILES string of the molecule is CN(CC(C)(C)C1=CC(=O)C(C(C)(C)CC(C)(C)C)=CC1=O)S(=O)O. The number of nitrogens with zero attached hydrogens (tertiary/aromatic N) is 1. The lowest BCUT2D eigenvalue weighted by Crippen LogP contribution is -2.38. The van der Waals surface area contributed by atoms with E-state index in [0.29, 0.717) is 11.1 Å². The van der Waals surface area contributed by atoms with Gasteiger partial charge in [0.05, 0.1) is 0 Å². The van der Waals surface area contributed by atoms with Crippen LogP contribution in [-0.4, -0.2) is 38.2 Å². The lowest BCUT2D eigenvalue weighted by molar-refractivity contribution is -0.116. The van der Waals surface area contributed by atoms with Gasteiger partial charge in [0.15, 0.2) is 11.6 Å². The fraction of sp³-hybridized carbons (Fsp3) is 0.684. The molecular formula is C19H31NO4S. The van der Waals surface area contributed by atoms with Crippen LogP contribution in [0.4, 0.5) is 0 Å². The zero-order valence-corrected chi connectivity index (χ0v) is 17.4. The molecule has 0 aromatic rings. The fourth-order valence-electron chi connectivity index (χ4n) is 3.74. The van der Waals surface area contributed by atoms with E-state index in [-0.39, 0.29) is 23.5 Å². The molecule has 1 rings (SSSR count). The Morgan fingerprint density at radius 3 is 1.68 bits per heavy atom. The molecule has 0 radical (unpaired) electrons. The van der Waals surface area contributed by atoms with Gasteiger partial charge in [-0.25, -0.2) is 8.51 Å². The van der Waals surface area contributed by atoms with Crippen LogP contribution in [0.5, 0.6) is 0 Å². The number of allylic oxidation sites excluding steroid dienone is 3. The van der Waals surface area contributed by atoms with Gasteiger partial charge in [-0.2, -0.15) is 0 Å². The monoisotopic (exact) mass is 369 g/mol. The van der Waals surface area contributed by atoms with Crippen molar-refractivity contribution in [1.29, 1.82) is 0 Å². The summed E-state index contributed by atoms with van der Waals surface area (Å²) in [5.41, 5.74) is -0.169. The smallest absolute Gasteiger partial charge is 0.234 e. The standard InChI is InChI=1S/C19H31NO4S/c1-17(2,3)11-18(4,5)13-9-16(22)14(10-15(13)21)19(6,7)12-20(8)25(23)24/h9-10H,11-12H2,1-8H3,(H,23,24). The second-order valence-electron chi connectivity index (χ2n) is 9.37. The first kappa shape index (κ1) is 21.9. The number of hydrogen-bond donors (Lipinski definition) is 1. The predicted octanol–water partition coefficient (Wildman–Crippen LogP) is 3.55. The molecule has 5 nitrogen and oxygen atoms in total. The lowest BCUT2D eigenvalue weighted by atomic mass is 9.68. The second kappa shape index (κ2) is 7.25. The van der Waals surface area contributed by atoms with Crippen LogP contribution in [0.15, 0.2) is 23.3 Å². The Labute approximate surface area is 154 Å². The average molecular weight is 370 g/mol. The number of ketones is 2. The minimum Gasteiger partial charge on any atom is -0.294 e. The Morgan fingerprint density at radius 2 is 1.32 bits per heavy atom. The summed E-state index contributed by atoms with van der Waals surface area (Å²) in [5, 5.41) is 0. The van der Waals surface area contributed by atoms with Crippen LogP contribution in [-0.2, 0) is 20.9 Å². The molecule has 1 unspecified atom stereocenters. The van der Waals surface area contributed by atoms with Crippen molar-refractivity contribution in [2.24, 2.45) is 16.2 Å². The van der Waals surface area contributed by atoms with Gasteiger partial charge in [-0.15, -0.1) is 0 Å². The summed E-state index contributed by atoms with van der Waals surface area (Å²) in [7, 11) is 1.50. The molecule has 0 fully saturated rings. The Kier molecular flexibility index (Phi) is 6.36. The van der Waals surface area contributed by atoms with Gasteiger partial charge in [0.1, 0.15) is 0 Å². The number of rotatable bonds is 6. The van der Waals surface area contributed by atoms with E-state index in [1.807, 2.05) is 13.8 Å². The van der Waals surface area contributed by atoms with Crippen molar-refractivity contribution in [2.75, 3.05) is 13.6 Å². The topological polar surface area (TPSA) is 74.7 Å². The van der Waals surface area contributed by atoms with Crippen molar-refractivity contribution in [3.05, 3.63) is 23.3 Å². The van der Waals surface area contributed by atoms with E-state index < -0.39 is 22.1 Å². The molecule has 0 bridgehead atoms. The van der Waals surface area contributed by atoms with Gasteiger partial charge in [-0.1, -0.05) is 48.5 Å². The molecule has 0 amide bonds. The maximum absolute atomic E-state index is 12.7. The molecule has 0 aromatic heterocycles. The van der Waals surface area contributed by atoms with Gasteiger partial charge in [0, 0.05) is 30.2 Å². The zero-order valence-electron chi connectivity index (χ0n) is 16.6. The van der Waals surface area contributed by atoms with E-state index in [1.165, 1.54) is 23.5 Å². The largest absolute Gasteiger partial charge is 0.294 e. The third kappa shape index (κ3) is 5.69. The van der Waals surface area contributed by atoms with Gasteiger partial charge in [-0.3, -0.25) is 14.1 Å². The minimum atomic E-state index is -2.12. The molecule has 1 N–H and O–H groups in total. The van der Waals surface area contributed by atoms with Crippen LogP contribution in [0.2, 0.25) is 0 Å². The summed E-state index contributed by atoms with van der Waals surface area (Å²) in [4.78, 5) is 25.4. The molecule has 1 aliphatic rings. The molecule has 0 aliphatic heterocycles. The molecular weight excluding hydrogens is 338 g/mol. The van der Waals surface area contributed by atoms with Crippen LogP contribution in [0.25, 0.3) is 0 Å². The molecule has 25 heavy (non-hydrogen) atoms. The highest BCUT2D eigenvalue weighted by Crippen LogP contribution is 2.42. The molecule has 142 valence electrons. The highest BCUT2D eigenvalue weighted by Gasteiger charge is 2.38. The quantitative estimate of drug-likeness (QED) is 0.574. The van der Waals surface area contributed by atoms with Gasteiger partial charge in [0.25, 0.3) is 0 Å². The molecule has 0 spiro atoms. The van der Waals surface area contributed by atoms with Crippen LogP contribution in [0.1, 0.15) is 54.9 Å². The Balaban J connectivity index is 3.13. The third-order valence-corrected chi connectivity index (χ3v) is 5.06. The first-order chi connectivity index (χ1) is 11.1.